The van der Waals surface area contributed by atoms with Gasteiger partial charge in [-0.05, 0) is 51.6 Å². The van der Waals surface area contributed by atoms with Crippen LogP contribution in [0, 0.1) is 5.92 Å². The van der Waals surface area contributed by atoms with Crippen molar-refractivity contribution in [3.63, 3.8) is 0 Å². The molecule has 0 aliphatic carbocycles. The smallest absolute Gasteiger partial charge is 0.0258 e. The predicted molar refractivity (Wildman–Crippen MR) is 70.9 cm³/mol. The van der Waals surface area contributed by atoms with Crippen LogP contribution in [0.15, 0.2) is 0 Å². The summed E-state index contributed by atoms with van der Waals surface area (Å²) in [6.45, 7) is 7.27. The molecular weight excluding hydrogens is 210 g/mol. The largest absolute Gasteiger partial charge is 0.329 e. The number of hydrogen-bond donors (Lipinski definition) is 1. The normalized spacial score (nSPS) is 47.3. The summed E-state index contributed by atoms with van der Waals surface area (Å²) in [5.74, 6) is 0.953. The molecule has 4 rings (SSSR count). The van der Waals surface area contributed by atoms with Crippen molar-refractivity contribution in [2.24, 2.45) is 11.7 Å². The molecule has 17 heavy (non-hydrogen) atoms. The Morgan fingerprint density at radius 2 is 1.88 bits per heavy atom. The summed E-state index contributed by atoms with van der Waals surface area (Å²) in [6, 6.07) is 2.22. The molecule has 3 unspecified atom stereocenters. The summed E-state index contributed by atoms with van der Waals surface area (Å²) < 4.78 is 0. The lowest BCUT2D eigenvalue weighted by Crippen LogP contribution is -2.63. The van der Waals surface area contributed by atoms with E-state index in [0.717, 1.165) is 24.5 Å². The predicted octanol–water partition coefficient (Wildman–Crippen LogP) is 1.28. The van der Waals surface area contributed by atoms with Crippen LogP contribution in [0.1, 0.15) is 39.0 Å². The third-order valence-electron chi connectivity index (χ3n) is 5.37. The van der Waals surface area contributed by atoms with E-state index >= 15 is 0 Å². The SMILES string of the molecule is CC1CCCC(CN)N1C1CN2CCC1CC2. The molecule has 0 aromatic rings. The molecule has 0 saturated carbocycles. The lowest BCUT2D eigenvalue weighted by atomic mass is 9.80. The van der Waals surface area contributed by atoms with E-state index in [9.17, 15) is 0 Å². The van der Waals surface area contributed by atoms with Gasteiger partial charge in [0.05, 0.1) is 0 Å². The Morgan fingerprint density at radius 3 is 2.47 bits per heavy atom. The molecular formula is C14H27N3. The fraction of sp³-hybridized carbons (Fsp3) is 1.00. The molecule has 98 valence electrons. The van der Waals surface area contributed by atoms with Crippen LogP contribution in [0.3, 0.4) is 0 Å². The van der Waals surface area contributed by atoms with E-state index in [1.807, 2.05) is 0 Å². The van der Waals surface area contributed by atoms with E-state index in [1.165, 1.54) is 51.7 Å². The maximum atomic E-state index is 6.01. The Morgan fingerprint density at radius 1 is 1.12 bits per heavy atom. The van der Waals surface area contributed by atoms with Crippen molar-refractivity contribution in [2.45, 2.75) is 57.2 Å². The molecule has 2 bridgehead atoms. The Hall–Kier alpha value is -0.120. The number of piperidine rings is 4. The Bertz CT molecular complexity index is 260. The van der Waals surface area contributed by atoms with Crippen LogP contribution in [-0.2, 0) is 0 Å². The molecule has 3 heteroatoms. The van der Waals surface area contributed by atoms with Crippen LogP contribution in [-0.4, -0.2) is 54.1 Å². The van der Waals surface area contributed by atoms with Crippen LogP contribution >= 0.6 is 0 Å². The molecule has 3 nitrogen and oxygen atoms in total. The van der Waals surface area contributed by atoms with E-state index in [4.69, 9.17) is 5.73 Å². The second kappa shape index (κ2) is 4.87. The van der Waals surface area contributed by atoms with Gasteiger partial charge in [-0.15, -0.1) is 0 Å². The average molecular weight is 237 g/mol. The minimum atomic E-state index is 0.657. The van der Waals surface area contributed by atoms with E-state index in [1.54, 1.807) is 0 Å². The van der Waals surface area contributed by atoms with Gasteiger partial charge in [0.25, 0.3) is 0 Å². The zero-order valence-corrected chi connectivity index (χ0v) is 11.1. The van der Waals surface area contributed by atoms with Gasteiger partial charge in [0, 0.05) is 31.2 Å². The second-order valence-electron chi connectivity index (χ2n) is 6.32. The molecule has 0 spiro atoms. The summed E-state index contributed by atoms with van der Waals surface area (Å²) in [5.41, 5.74) is 6.01. The van der Waals surface area contributed by atoms with Gasteiger partial charge in [-0.1, -0.05) is 6.42 Å². The van der Waals surface area contributed by atoms with E-state index in [2.05, 4.69) is 16.7 Å². The van der Waals surface area contributed by atoms with Crippen molar-refractivity contribution >= 4 is 0 Å². The van der Waals surface area contributed by atoms with Crippen LogP contribution in [0.2, 0.25) is 0 Å². The summed E-state index contributed by atoms with van der Waals surface area (Å²) in [6.07, 6.45) is 6.92. The Balaban J connectivity index is 1.76. The standard InChI is InChI=1S/C14H27N3/c1-11-3-2-4-13(9-15)17(11)14-10-16-7-5-12(14)6-8-16/h11-14H,2-10,15H2,1H3. The van der Waals surface area contributed by atoms with Crippen molar-refractivity contribution in [3.8, 4) is 0 Å². The molecule has 0 aromatic carbocycles. The molecule has 4 aliphatic rings. The maximum Gasteiger partial charge on any atom is 0.0258 e. The molecule has 0 amide bonds. The molecule has 0 aromatic heterocycles. The maximum absolute atomic E-state index is 6.01. The van der Waals surface area contributed by atoms with Crippen LogP contribution in [0.4, 0.5) is 0 Å². The number of hydrogen-bond acceptors (Lipinski definition) is 3. The molecule has 2 N–H and O–H groups in total. The van der Waals surface area contributed by atoms with Gasteiger partial charge in [0.1, 0.15) is 0 Å². The van der Waals surface area contributed by atoms with E-state index in [-0.39, 0.29) is 0 Å². The minimum absolute atomic E-state index is 0.657. The van der Waals surface area contributed by atoms with Gasteiger partial charge >= 0.3 is 0 Å². The van der Waals surface area contributed by atoms with Gasteiger partial charge < -0.3 is 10.6 Å². The van der Waals surface area contributed by atoms with Gasteiger partial charge in [-0.25, -0.2) is 0 Å². The third-order valence-corrected chi connectivity index (χ3v) is 5.37. The Labute approximate surface area is 105 Å². The fourth-order valence-electron chi connectivity index (χ4n) is 4.42. The first-order valence-corrected chi connectivity index (χ1v) is 7.49. The second-order valence-corrected chi connectivity index (χ2v) is 6.32. The minimum Gasteiger partial charge on any atom is -0.329 e. The number of rotatable bonds is 2. The third kappa shape index (κ3) is 2.13. The van der Waals surface area contributed by atoms with Gasteiger partial charge in [0.15, 0.2) is 0 Å². The first-order chi connectivity index (χ1) is 8.29. The van der Waals surface area contributed by atoms with Gasteiger partial charge in [-0.2, -0.15) is 0 Å². The first-order valence-electron chi connectivity index (χ1n) is 7.49. The summed E-state index contributed by atoms with van der Waals surface area (Å²) in [5, 5.41) is 0. The highest BCUT2D eigenvalue weighted by Gasteiger charge is 2.42. The Kier molecular flexibility index (Phi) is 3.42. The lowest BCUT2D eigenvalue weighted by molar-refractivity contribution is -0.0468. The van der Waals surface area contributed by atoms with Crippen molar-refractivity contribution in [2.75, 3.05) is 26.2 Å². The number of nitrogens with zero attached hydrogens (tertiary/aromatic N) is 2. The zero-order valence-electron chi connectivity index (χ0n) is 11.1. The summed E-state index contributed by atoms with van der Waals surface area (Å²) in [4.78, 5) is 5.47. The summed E-state index contributed by atoms with van der Waals surface area (Å²) in [7, 11) is 0. The van der Waals surface area contributed by atoms with Gasteiger partial charge in [0.2, 0.25) is 0 Å². The van der Waals surface area contributed by atoms with E-state index in [0.29, 0.717) is 6.04 Å². The lowest BCUT2D eigenvalue weighted by Gasteiger charge is -2.54. The molecule has 4 heterocycles. The van der Waals surface area contributed by atoms with Crippen molar-refractivity contribution < 1.29 is 0 Å². The molecule has 4 aliphatic heterocycles. The first kappa shape index (κ1) is 11.9. The number of fused-ring (bicyclic) bond motifs is 3. The fourth-order valence-corrected chi connectivity index (χ4v) is 4.42. The quantitative estimate of drug-likeness (QED) is 0.785. The van der Waals surface area contributed by atoms with Crippen molar-refractivity contribution in [1.29, 1.82) is 0 Å². The van der Waals surface area contributed by atoms with Crippen LogP contribution in [0.25, 0.3) is 0 Å². The molecule has 4 saturated heterocycles. The van der Waals surface area contributed by atoms with E-state index < -0.39 is 0 Å². The average Bonchev–Trinajstić information content (AvgIpc) is 2.39. The highest BCUT2D eigenvalue weighted by atomic mass is 15.3. The monoisotopic (exact) mass is 237 g/mol. The van der Waals surface area contributed by atoms with Gasteiger partial charge in [-0.3, -0.25) is 4.90 Å². The molecule has 4 fully saturated rings. The number of likely N-dealkylation sites (tertiary alicyclic amines) is 1. The van der Waals surface area contributed by atoms with Crippen LogP contribution < -0.4 is 5.73 Å². The number of nitrogens with two attached hydrogens (primary N) is 1. The molecule has 3 atom stereocenters. The van der Waals surface area contributed by atoms with Crippen LogP contribution in [0.5, 0.6) is 0 Å². The highest BCUT2D eigenvalue weighted by molar-refractivity contribution is 4.97. The summed E-state index contributed by atoms with van der Waals surface area (Å²) >= 11 is 0. The van der Waals surface area contributed by atoms with Crippen molar-refractivity contribution in [1.82, 2.24) is 9.80 Å². The topological polar surface area (TPSA) is 32.5 Å². The highest BCUT2D eigenvalue weighted by Crippen LogP contribution is 2.35. The molecule has 0 radical (unpaired) electrons. The zero-order chi connectivity index (χ0) is 11.8. The van der Waals surface area contributed by atoms with Crippen molar-refractivity contribution in [3.05, 3.63) is 0 Å².